The lowest BCUT2D eigenvalue weighted by molar-refractivity contribution is -0.576. The number of carbonyl (C=O) groups is 5. The van der Waals surface area contributed by atoms with E-state index in [2.05, 4.69) is 154 Å². The van der Waals surface area contributed by atoms with Crippen LogP contribution in [0.25, 0.3) is 11.4 Å². The van der Waals surface area contributed by atoms with E-state index in [1.54, 1.807) is 0 Å². The van der Waals surface area contributed by atoms with Crippen LogP contribution in [0.1, 0.15) is 102 Å². The first-order valence-electron chi connectivity index (χ1n) is 36.7. The van der Waals surface area contributed by atoms with Crippen LogP contribution < -0.4 is 25.8 Å². The molecule has 110 heavy (non-hydrogen) atoms. The highest BCUT2D eigenvalue weighted by atomic mass is 16.8. The van der Waals surface area contributed by atoms with E-state index in [9.17, 15) is 75.0 Å². The molecule has 4 aromatic rings. The van der Waals surface area contributed by atoms with Crippen molar-refractivity contribution in [3.63, 3.8) is 0 Å². The molecule has 0 saturated carbocycles. The summed E-state index contributed by atoms with van der Waals surface area (Å²) in [7, 11) is 6.79. The first-order valence-corrected chi connectivity index (χ1v) is 36.7. The summed E-state index contributed by atoms with van der Waals surface area (Å²) in [6.07, 6.45) is -16.5. The summed E-state index contributed by atoms with van der Waals surface area (Å²) in [4.78, 5) is 67.5. The van der Waals surface area contributed by atoms with Crippen LogP contribution >= 0.6 is 0 Å². The number of primary amides is 1. The zero-order valence-corrected chi connectivity index (χ0v) is 63.3. The van der Waals surface area contributed by atoms with Crippen LogP contribution in [0.5, 0.6) is 0 Å². The second-order valence-electron chi connectivity index (χ2n) is 29.0. The summed E-state index contributed by atoms with van der Waals surface area (Å²) in [5, 5.41) is 127. The van der Waals surface area contributed by atoms with E-state index < -0.39 is 147 Å². The number of hydrogen-bond acceptors (Lipinski definition) is 29. The van der Waals surface area contributed by atoms with Gasteiger partial charge in [0.25, 0.3) is 5.91 Å². The molecular weight excluding hydrogens is 1440 g/mol. The summed E-state index contributed by atoms with van der Waals surface area (Å²) in [6.45, 7) is 12.6. The second kappa shape index (κ2) is 39.1. The molecule has 0 spiro atoms. The monoisotopic (exact) mass is 1540 g/mol. The molecule has 14 N–H and O–H groups in total. The van der Waals surface area contributed by atoms with E-state index in [1.165, 1.54) is 47.7 Å². The molecule has 34 nitrogen and oxygen atoms in total. The first-order chi connectivity index (χ1) is 52.5. The molecule has 3 amide bonds. The molecule has 10 rings (SSSR count). The highest BCUT2D eigenvalue weighted by Gasteiger charge is 2.57. The number of aliphatic hydroxyl groups excluding tert-OH is 8. The van der Waals surface area contributed by atoms with Crippen LogP contribution in [0.15, 0.2) is 109 Å². The molecule has 3 aromatic carbocycles. The molecule has 604 valence electrons. The zero-order valence-electron chi connectivity index (χ0n) is 63.3. The zero-order chi connectivity index (χ0) is 79.9. The number of nitrogens with two attached hydrogens (primary N) is 1. The number of unbranched alkanes of at least 4 members (excludes halogenated alkanes) is 5. The molecule has 6 aliphatic heterocycles. The number of carbonyl (C=O) groups excluding carboxylic acids is 3. The van der Waals surface area contributed by atoms with E-state index in [0.29, 0.717) is 31.5 Å². The summed E-state index contributed by atoms with van der Waals surface area (Å²) >= 11 is 0. The number of rotatable bonds is 31. The lowest BCUT2D eigenvalue weighted by Crippen LogP contribution is -2.92. The Morgan fingerprint density at radius 3 is 1.62 bits per heavy atom. The molecule has 0 bridgehead atoms. The number of nitrogens with zero attached hydrogens (tertiary/aromatic N) is 6. The maximum absolute atomic E-state index is 13.4. The van der Waals surface area contributed by atoms with E-state index >= 15 is 0 Å². The van der Waals surface area contributed by atoms with Gasteiger partial charge in [0.15, 0.2) is 49.3 Å². The Morgan fingerprint density at radius 2 is 1.05 bits per heavy atom. The number of benzene rings is 3. The Hall–Kier alpha value is -7.79. The average Bonchev–Trinajstić information content (AvgIpc) is 1.58. The predicted octanol–water partition coefficient (Wildman–Crippen LogP) is -0.189. The van der Waals surface area contributed by atoms with Crippen molar-refractivity contribution < 1.29 is 128 Å². The van der Waals surface area contributed by atoms with Gasteiger partial charge in [-0.1, -0.05) is 131 Å². The number of allylic oxidation sites excluding steroid dienone is 5. The summed E-state index contributed by atoms with van der Waals surface area (Å²) < 4.78 is 53.1. The van der Waals surface area contributed by atoms with Gasteiger partial charge in [0.1, 0.15) is 73.2 Å². The molecule has 7 heterocycles. The van der Waals surface area contributed by atoms with Crippen molar-refractivity contribution >= 4 is 41.0 Å². The third-order valence-corrected chi connectivity index (χ3v) is 20.8. The number of hydrogen-bond donors (Lipinski definition) is 13. The van der Waals surface area contributed by atoms with Crippen LogP contribution in [0, 0.1) is 6.92 Å². The maximum atomic E-state index is 13.4. The van der Waals surface area contributed by atoms with Gasteiger partial charge in [0.05, 0.1) is 19.1 Å². The number of nitrogens with one attached hydrogen (secondary N) is 2. The molecule has 4 saturated heterocycles. The summed E-state index contributed by atoms with van der Waals surface area (Å²) in [6, 6.07) is 24.8. The van der Waals surface area contributed by atoms with Crippen molar-refractivity contribution in [3.05, 3.63) is 131 Å². The van der Waals surface area contributed by atoms with E-state index in [0.717, 1.165) is 64.9 Å². The molecule has 0 radical (unpaired) electrons. The fraction of sp³-hybridized carbons (Fsp3) is 0.592. The van der Waals surface area contributed by atoms with Crippen LogP contribution in [-0.4, -0.2) is 285 Å². The molecule has 21 atom stereocenters. The number of methoxy groups -OCH3 is 4. The predicted molar refractivity (Wildman–Crippen MR) is 390 cm³/mol. The number of aromatic nitrogens is 4. The number of fused-ring (bicyclic) bond motifs is 2. The quantitative estimate of drug-likeness (QED) is 0.0229. The molecule has 1 aromatic heterocycles. The number of aliphatic hydroxyl groups is 8. The van der Waals surface area contributed by atoms with Crippen molar-refractivity contribution in [2.24, 2.45) is 0 Å². The smallest absolute Gasteiger partial charge is 0.342 e. The number of carboxylic acid groups (broad SMARTS) is 2. The number of para-hydroxylation sites is 2. The molecule has 4 fully saturated rings. The standard InChI is InChI=1S/C52H74N4O13.C24H31N5O12/c1-51(2)32-22-15-17-24-34(32)55(5)36(51)26-12-10-13-27-37-52(3,4)33-23-16-18-25-35(33)56(37)31-21-11-14-28-38(57)53-29-19-8-9-20-30-54-47(62)45-44(40(59)41(60)49(66-7)68-45)67-50-42(61)39(58)43(65-6)46(69-50)48(63)64;1-9-4-6-10(7-5-9)20-28-26-11(27-29-20)8-25-21(34)18-17(13(31)14(32)23(38-3)40-18)39-24-15(33)12(30)16(37-2)19(41-24)22(35)36/h10,12-13,15-18,22-27,37,39-46,49-50,58-61H,8-9,11,14,19-21,28-31H2,1-7H3,(H,53,57)(H,54,62)(H,63,64);4-7,12-19,23-24,30-33H,8H2,1-3H3,(H,25,34)(H,35,36)/p+1/b12-10+,27-13+,36-26+;. The summed E-state index contributed by atoms with van der Waals surface area (Å²) in [5.41, 5.74) is 8.06. The molecular formula is C76H106N9O25+. The Kier molecular flexibility index (Phi) is 30.6. The summed E-state index contributed by atoms with van der Waals surface area (Å²) in [5.74, 6) is -4.17. The number of likely N-dealkylation sites (N-methyl/N-ethyl adjacent to an activating group) is 1. The average molecular weight is 1550 g/mol. The van der Waals surface area contributed by atoms with Crippen LogP contribution in [0.4, 0.5) is 11.4 Å². The Morgan fingerprint density at radius 1 is 0.545 bits per heavy atom. The lowest BCUT2D eigenvalue weighted by Gasteiger charge is -2.45. The Balaban J connectivity index is 0.000000288. The van der Waals surface area contributed by atoms with E-state index in [4.69, 9.17) is 47.4 Å². The third kappa shape index (κ3) is 20.0. The Labute approximate surface area is 637 Å². The Bertz CT molecular complexity index is 3800. The number of aryl methyl sites for hydroxylation is 1. The van der Waals surface area contributed by atoms with Crippen molar-refractivity contribution in [3.8, 4) is 11.4 Å². The minimum atomic E-state index is -1.87. The maximum Gasteiger partial charge on any atom is 0.342 e. The van der Waals surface area contributed by atoms with Gasteiger partial charge < -0.3 is 119 Å². The van der Waals surface area contributed by atoms with Crippen molar-refractivity contribution in [2.45, 2.75) is 232 Å². The van der Waals surface area contributed by atoms with Gasteiger partial charge in [0.2, 0.25) is 17.8 Å². The molecule has 6 aliphatic rings. The van der Waals surface area contributed by atoms with Gasteiger partial charge in [-0.25, -0.2) is 14.4 Å². The van der Waals surface area contributed by atoms with Crippen LogP contribution in [0.3, 0.4) is 0 Å². The largest absolute Gasteiger partial charge is 0.479 e. The highest BCUT2D eigenvalue weighted by Crippen LogP contribution is 2.48. The number of anilines is 2. The lowest BCUT2D eigenvalue weighted by atomic mass is 9.80. The van der Waals surface area contributed by atoms with Gasteiger partial charge in [-0.2, -0.15) is 0 Å². The third-order valence-electron chi connectivity index (χ3n) is 20.8. The minimum Gasteiger partial charge on any atom is -0.479 e. The molecule has 34 heteroatoms. The highest BCUT2D eigenvalue weighted by molar-refractivity contribution is 5.82. The van der Waals surface area contributed by atoms with E-state index in [-0.39, 0.29) is 41.0 Å². The van der Waals surface area contributed by atoms with Crippen molar-refractivity contribution in [1.82, 2.24) is 31.0 Å². The SMILES string of the molecule is COC1OC(C(=O)NCc2nnc(-c3ccc(C)cc3)nn2)C(OC2OC(C(=O)O)C(OC)C(O)C2O)C(O)C1O.COC1OC(C(=O)[NH2+]CCCCCCNC(=O)CCCCCN2c3ccccc3C(C)(C)C2/C=C/C=C/C=C2/N(C)c3ccccc3C2(C)C)C(OC2OC(C(=O)O)C(OC)C(O)C2O)C(O)C1O. The van der Waals surface area contributed by atoms with Crippen molar-refractivity contribution in [1.29, 1.82) is 0 Å². The second-order valence-corrected chi connectivity index (χ2v) is 29.0. The van der Waals surface area contributed by atoms with Crippen LogP contribution in [-0.2, 0) is 88.7 Å². The van der Waals surface area contributed by atoms with Gasteiger partial charge in [-0.05, 0) is 68.4 Å². The number of quaternary nitrogens is 1. The molecule has 21 unspecified atom stereocenters. The first kappa shape index (κ1) is 86.2. The number of ether oxygens (including phenoxy) is 10. The fourth-order valence-electron chi connectivity index (χ4n) is 14.6. The number of aliphatic carboxylic acids is 2. The number of amides is 3. The fourth-order valence-corrected chi connectivity index (χ4v) is 14.6. The minimum absolute atomic E-state index is 0.0313. The van der Waals surface area contributed by atoms with Gasteiger partial charge >= 0.3 is 17.8 Å². The van der Waals surface area contributed by atoms with Gasteiger partial charge in [-0.15, -0.1) is 20.4 Å². The van der Waals surface area contributed by atoms with Gasteiger partial charge in [-0.3, -0.25) is 14.9 Å². The number of carboxylic acids is 2. The topological polar surface area (TPSA) is 479 Å². The van der Waals surface area contributed by atoms with E-state index in [1.807, 2.05) is 31.2 Å². The van der Waals surface area contributed by atoms with Crippen LogP contribution in [0.2, 0.25) is 0 Å². The molecule has 0 aliphatic carbocycles. The van der Waals surface area contributed by atoms with Gasteiger partial charge in [0, 0.05) is 88.5 Å². The van der Waals surface area contributed by atoms with Crippen molar-refractivity contribution in [2.75, 3.05) is 64.9 Å². The normalized spacial score (nSPS) is 31.4.